The molecule has 0 aliphatic carbocycles. The number of benzene rings is 2. The number of nitrogens with zero attached hydrogens (tertiary/aromatic N) is 1. The second kappa shape index (κ2) is 7.91. The monoisotopic (exact) mass is 286 g/mol. The molecule has 2 rings (SSSR count). The number of nitrogens with one attached hydrogen (secondary N) is 1. The van der Waals surface area contributed by atoms with Crippen molar-refractivity contribution in [3.05, 3.63) is 71.5 Å². The van der Waals surface area contributed by atoms with Gasteiger partial charge in [-0.25, -0.2) is 4.39 Å². The van der Waals surface area contributed by atoms with Crippen molar-refractivity contribution >= 4 is 0 Å². The van der Waals surface area contributed by atoms with Crippen molar-refractivity contribution in [3.8, 4) is 0 Å². The van der Waals surface area contributed by atoms with Crippen LogP contribution in [0.1, 0.15) is 23.6 Å². The summed E-state index contributed by atoms with van der Waals surface area (Å²) >= 11 is 0. The SMILES string of the molecule is CNCCCN(C)C(c1ccccc1)c1ccc(F)cc1. The Morgan fingerprint density at radius 2 is 1.62 bits per heavy atom. The van der Waals surface area contributed by atoms with Gasteiger partial charge in [0.2, 0.25) is 0 Å². The Labute approximate surface area is 126 Å². The first-order valence-corrected chi connectivity index (χ1v) is 7.37. The average Bonchev–Trinajstić information content (AvgIpc) is 2.51. The van der Waals surface area contributed by atoms with E-state index < -0.39 is 0 Å². The molecular weight excluding hydrogens is 263 g/mol. The van der Waals surface area contributed by atoms with E-state index in [4.69, 9.17) is 0 Å². The lowest BCUT2D eigenvalue weighted by Gasteiger charge is -2.29. The minimum absolute atomic E-state index is 0.156. The van der Waals surface area contributed by atoms with Crippen molar-refractivity contribution in [3.63, 3.8) is 0 Å². The van der Waals surface area contributed by atoms with Gasteiger partial charge in [0.05, 0.1) is 6.04 Å². The van der Waals surface area contributed by atoms with Gasteiger partial charge in [0, 0.05) is 0 Å². The molecule has 1 unspecified atom stereocenters. The molecule has 0 aliphatic heterocycles. The molecule has 0 aromatic heterocycles. The predicted molar refractivity (Wildman–Crippen MR) is 85.9 cm³/mol. The zero-order valence-electron chi connectivity index (χ0n) is 12.7. The lowest BCUT2D eigenvalue weighted by molar-refractivity contribution is 0.275. The summed E-state index contributed by atoms with van der Waals surface area (Å²) < 4.78 is 13.2. The third-order valence-corrected chi connectivity index (χ3v) is 3.68. The van der Waals surface area contributed by atoms with Crippen LogP contribution in [0, 0.1) is 5.82 Å². The van der Waals surface area contributed by atoms with E-state index in [0.29, 0.717) is 0 Å². The molecule has 0 radical (unpaired) electrons. The van der Waals surface area contributed by atoms with Gasteiger partial charge in [0.1, 0.15) is 5.82 Å². The van der Waals surface area contributed by atoms with Gasteiger partial charge in [-0.05, 0) is 56.9 Å². The summed E-state index contributed by atoms with van der Waals surface area (Å²) in [6.45, 7) is 1.98. The van der Waals surface area contributed by atoms with E-state index in [1.807, 2.05) is 37.4 Å². The van der Waals surface area contributed by atoms with Gasteiger partial charge in [-0.15, -0.1) is 0 Å². The van der Waals surface area contributed by atoms with Crippen molar-refractivity contribution in [2.45, 2.75) is 12.5 Å². The zero-order chi connectivity index (χ0) is 15.1. The molecule has 2 aromatic rings. The van der Waals surface area contributed by atoms with Crippen LogP contribution >= 0.6 is 0 Å². The van der Waals surface area contributed by atoms with Crippen LogP contribution in [-0.4, -0.2) is 32.1 Å². The molecule has 3 heteroatoms. The van der Waals surface area contributed by atoms with Crippen molar-refractivity contribution in [2.75, 3.05) is 27.2 Å². The van der Waals surface area contributed by atoms with Crippen molar-refractivity contribution < 1.29 is 4.39 Å². The summed E-state index contributed by atoms with van der Waals surface area (Å²) in [5.74, 6) is -0.191. The highest BCUT2D eigenvalue weighted by molar-refractivity contribution is 5.31. The van der Waals surface area contributed by atoms with Crippen LogP contribution in [0.25, 0.3) is 0 Å². The fourth-order valence-corrected chi connectivity index (χ4v) is 2.62. The Hall–Kier alpha value is -1.71. The summed E-state index contributed by atoms with van der Waals surface area (Å²) in [6.07, 6.45) is 1.08. The highest BCUT2D eigenvalue weighted by Crippen LogP contribution is 2.27. The van der Waals surface area contributed by atoms with Gasteiger partial charge >= 0.3 is 0 Å². The summed E-state index contributed by atoms with van der Waals surface area (Å²) in [4.78, 5) is 2.32. The van der Waals surface area contributed by atoms with Crippen molar-refractivity contribution in [1.82, 2.24) is 10.2 Å². The van der Waals surface area contributed by atoms with Crippen molar-refractivity contribution in [1.29, 1.82) is 0 Å². The maximum atomic E-state index is 13.2. The van der Waals surface area contributed by atoms with Gasteiger partial charge in [-0.1, -0.05) is 42.5 Å². The normalized spacial score (nSPS) is 12.6. The standard InChI is InChI=1S/C18H23FN2/c1-20-13-6-14-21(2)18(15-7-4-3-5-8-15)16-9-11-17(19)12-10-16/h3-5,7-12,18,20H,6,13-14H2,1-2H3. The molecule has 2 nitrogen and oxygen atoms in total. The summed E-state index contributed by atoms with van der Waals surface area (Å²) in [5.41, 5.74) is 2.35. The highest BCUT2D eigenvalue weighted by atomic mass is 19.1. The maximum absolute atomic E-state index is 13.2. The second-order valence-electron chi connectivity index (χ2n) is 5.30. The number of rotatable bonds is 7. The van der Waals surface area contributed by atoms with Crippen LogP contribution in [0.15, 0.2) is 54.6 Å². The lowest BCUT2D eigenvalue weighted by atomic mass is 9.97. The molecule has 1 N–H and O–H groups in total. The number of halogens is 1. The maximum Gasteiger partial charge on any atom is 0.123 e. The molecule has 112 valence electrons. The van der Waals surface area contributed by atoms with Crippen LogP contribution in [0.2, 0.25) is 0 Å². The Bertz CT molecular complexity index is 525. The fraction of sp³-hybridized carbons (Fsp3) is 0.333. The molecule has 1 atom stereocenters. The molecule has 21 heavy (non-hydrogen) atoms. The van der Waals surface area contributed by atoms with E-state index in [0.717, 1.165) is 25.1 Å². The fourth-order valence-electron chi connectivity index (χ4n) is 2.62. The van der Waals surface area contributed by atoms with E-state index in [1.54, 1.807) is 0 Å². The van der Waals surface area contributed by atoms with E-state index in [1.165, 1.54) is 17.7 Å². The first kappa shape index (κ1) is 15.7. The molecular formula is C18H23FN2. The Kier molecular flexibility index (Phi) is 5.90. The van der Waals surface area contributed by atoms with Crippen LogP contribution < -0.4 is 5.32 Å². The largest absolute Gasteiger partial charge is 0.320 e. The van der Waals surface area contributed by atoms with E-state index in [-0.39, 0.29) is 11.9 Å². The van der Waals surface area contributed by atoms with Gasteiger partial charge < -0.3 is 5.32 Å². The van der Waals surface area contributed by atoms with Gasteiger partial charge in [0.25, 0.3) is 0 Å². The van der Waals surface area contributed by atoms with Crippen molar-refractivity contribution in [2.24, 2.45) is 0 Å². The van der Waals surface area contributed by atoms with Crippen LogP contribution in [0.4, 0.5) is 4.39 Å². The molecule has 0 saturated heterocycles. The molecule has 0 aliphatic rings. The van der Waals surface area contributed by atoms with Crippen LogP contribution in [-0.2, 0) is 0 Å². The molecule has 0 bridgehead atoms. The van der Waals surface area contributed by atoms with E-state index >= 15 is 0 Å². The molecule has 0 amide bonds. The third kappa shape index (κ3) is 4.38. The smallest absolute Gasteiger partial charge is 0.123 e. The van der Waals surface area contributed by atoms with E-state index in [9.17, 15) is 4.39 Å². The summed E-state index contributed by atoms with van der Waals surface area (Å²) in [7, 11) is 4.09. The summed E-state index contributed by atoms with van der Waals surface area (Å²) in [5, 5.41) is 3.17. The van der Waals surface area contributed by atoms with Gasteiger partial charge in [-0.3, -0.25) is 4.90 Å². The first-order valence-electron chi connectivity index (χ1n) is 7.37. The van der Waals surface area contributed by atoms with E-state index in [2.05, 4.69) is 29.4 Å². The van der Waals surface area contributed by atoms with Crippen LogP contribution in [0.3, 0.4) is 0 Å². The zero-order valence-corrected chi connectivity index (χ0v) is 12.7. The Morgan fingerprint density at radius 1 is 1.00 bits per heavy atom. The second-order valence-corrected chi connectivity index (χ2v) is 5.30. The quantitative estimate of drug-likeness (QED) is 0.784. The molecule has 0 spiro atoms. The van der Waals surface area contributed by atoms with Gasteiger partial charge in [0.15, 0.2) is 0 Å². The summed E-state index contributed by atoms with van der Waals surface area (Å²) in [6, 6.07) is 17.4. The minimum Gasteiger partial charge on any atom is -0.320 e. The predicted octanol–water partition coefficient (Wildman–Crippen LogP) is 3.46. The van der Waals surface area contributed by atoms with Crippen LogP contribution in [0.5, 0.6) is 0 Å². The highest BCUT2D eigenvalue weighted by Gasteiger charge is 2.18. The molecule has 0 saturated carbocycles. The molecule has 0 heterocycles. The molecule has 2 aromatic carbocycles. The minimum atomic E-state index is -0.191. The Morgan fingerprint density at radius 3 is 2.24 bits per heavy atom. The number of hydrogen-bond acceptors (Lipinski definition) is 2. The Balaban J connectivity index is 2.24. The first-order chi connectivity index (χ1) is 10.2. The molecule has 0 fully saturated rings. The lowest BCUT2D eigenvalue weighted by Crippen LogP contribution is -2.28. The average molecular weight is 286 g/mol. The van der Waals surface area contributed by atoms with Gasteiger partial charge in [-0.2, -0.15) is 0 Å². The number of hydrogen-bond donors (Lipinski definition) is 1. The topological polar surface area (TPSA) is 15.3 Å². The third-order valence-electron chi connectivity index (χ3n) is 3.68.